The fourth-order valence-electron chi connectivity index (χ4n) is 1.97. The Morgan fingerprint density at radius 2 is 1.92 bits per heavy atom. The Labute approximate surface area is 155 Å². The number of hydrogen-bond acceptors (Lipinski definition) is 5. The molecule has 2 aromatic rings. The van der Waals surface area contributed by atoms with Crippen LogP contribution >= 0.6 is 11.6 Å². The van der Waals surface area contributed by atoms with E-state index in [1.807, 2.05) is 0 Å². The monoisotopic (exact) mass is 376 g/mol. The molecule has 0 aromatic heterocycles. The van der Waals surface area contributed by atoms with Gasteiger partial charge in [0.1, 0.15) is 0 Å². The van der Waals surface area contributed by atoms with Crippen molar-refractivity contribution in [1.82, 2.24) is 5.43 Å². The number of amides is 1. The van der Waals surface area contributed by atoms with E-state index in [4.69, 9.17) is 26.2 Å². The number of halogens is 1. The number of benzene rings is 2. The predicted octanol–water partition coefficient (Wildman–Crippen LogP) is 2.96. The lowest BCUT2D eigenvalue weighted by molar-refractivity contribution is -0.144. The smallest absolute Gasteiger partial charge is 0.344 e. The maximum absolute atomic E-state index is 12.0. The molecule has 2 aromatic carbocycles. The molecule has 2 rings (SSSR count). The summed E-state index contributed by atoms with van der Waals surface area (Å²) in [5.74, 6) is -0.961. The standard InChI is InChI=1S/C18H17ClN2O5/c1-11(18(23)24)26-16-13(4-3-5-15(16)25-2)10-20-21-17(22)12-6-8-14(19)9-7-12/h3-11H,1-2H3,(H,21,22)(H,23,24)/b20-10-/t11-/m1/s1. The average molecular weight is 377 g/mol. The number of para-hydroxylation sites is 1. The van der Waals surface area contributed by atoms with Crippen LogP contribution in [-0.2, 0) is 4.79 Å². The van der Waals surface area contributed by atoms with Gasteiger partial charge in [-0.15, -0.1) is 0 Å². The van der Waals surface area contributed by atoms with Crippen LogP contribution in [0.5, 0.6) is 11.5 Å². The van der Waals surface area contributed by atoms with Crippen molar-refractivity contribution in [3.63, 3.8) is 0 Å². The largest absolute Gasteiger partial charge is 0.493 e. The number of aliphatic carboxylic acids is 1. The highest BCUT2D eigenvalue weighted by Gasteiger charge is 2.18. The minimum Gasteiger partial charge on any atom is -0.493 e. The van der Waals surface area contributed by atoms with Crippen molar-refractivity contribution < 1.29 is 24.2 Å². The van der Waals surface area contributed by atoms with Crippen molar-refractivity contribution in [3.8, 4) is 11.5 Å². The van der Waals surface area contributed by atoms with E-state index in [9.17, 15) is 9.59 Å². The number of methoxy groups -OCH3 is 1. The second-order valence-corrected chi connectivity index (χ2v) is 5.62. The van der Waals surface area contributed by atoms with Gasteiger partial charge in [0.25, 0.3) is 5.91 Å². The summed E-state index contributed by atoms with van der Waals surface area (Å²) in [7, 11) is 1.44. The van der Waals surface area contributed by atoms with Crippen molar-refractivity contribution in [2.45, 2.75) is 13.0 Å². The number of carboxylic acids is 1. The number of rotatable bonds is 7. The Kier molecular flexibility index (Phi) is 6.57. The fourth-order valence-corrected chi connectivity index (χ4v) is 2.10. The molecule has 0 aliphatic heterocycles. The van der Waals surface area contributed by atoms with E-state index < -0.39 is 18.0 Å². The summed E-state index contributed by atoms with van der Waals surface area (Å²) in [6, 6.07) is 11.3. The van der Waals surface area contributed by atoms with E-state index in [2.05, 4.69) is 10.5 Å². The summed E-state index contributed by atoms with van der Waals surface area (Å²) in [5, 5.41) is 13.4. The summed E-state index contributed by atoms with van der Waals surface area (Å²) in [6.45, 7) is 1.40. The van der Waals surface area contributed by atoms with E-state index in [1.54, 1.807) is 42.5 Å². The Morgan fingerprint density at radius 3 is 2.54 bits per heavy atom. The van der Waals surface area contributed by atoms with Crippen LogP contribution in [0, 0.1) is 0 Å². The van der Waals surface area contributed by atoms with Crippen LogP contribution in [0.1, 0.15) is 22.8 Å². The highest BCUT2D eigenvalue weighted by molar-refractivity contribution is 6.30. The van der Waals surface area contributed by atoms with Crippen molar-refractivity contribution >= 4 is 29.7 Å². The van der Waals surface area contributed by atoms with Crippen molar-refractivity contribution in [1.29, 1.82) is 0 Å². The second-order valence-electron chi connectivity index (χ2n) is 5.18. The first-order valence-corrected chi connectivity index (χ1v) is 7.95. The molecule has 8 heteroatoms. The van der Waals surface area contributed by atoms with Gasteiger partial charge in [-0.05, 0) is 43.3 Å². The first-order valence-electron chi connectivity index (χ1n) is 7.57. The van der Waals surface area contributed by atoms with E-state index in [-0.39, 0.29) is 5.75 Å². The molecule has 0 heterocycles. The molecular weight excluding hydrogens is 360 g/mol. The lowest BCUT2D eigenvalue weighted by Crippen LogP contribution is -2.24. The summed E-state index contributed by atoms with van der Waals surface area (Å²) < 4.78 is 10.6. The van der Waals surface area contributed by atoms with Crippen molar-refractivity contribution in [2.75, 3.05) is 7.11 Å². The van der Waals surface area contributed by atoms with Crippen molar-refractivity contribution in [2.24, 2.45) is 5.10 Å². The Bertz CT molecular complexity index is 821. The number of hydrogen-bond donors (Lipinski definition) is 2. The van der Waals surface area contributed by atoms with E-state index >= 15 is 0 Å². The molecule has 1 amide bonds. The number of carbonyl (C=O) groups is 2. The Hall–Kier alpha value is -3.06. The molecule has 0 fully saturated rings. The van der Waals surface area contributed by atoms with Gasteiger partial charge in [-0.3, -0.25) is 4.79 Å². The lowest BCUT2D eigenvalue weighted by Gasteiger charge is -2.15. The van der Waals surface area contributed by atoms with Gasteiger partial charge in [-0.25, -0.2) is 10.2 Å². The van der Waals surface area contributed by atoms with Crippen LogP contribution in [0.15, 0.2) is 47.6 Å². The molecule has 136 valence electrons. The summed E-state index contributed by atoms with van der Waals surface area (Å²) in [4.78, 5) is 23.1. The van der Waals surface area contributed by atoms with E-state index in [1.165, 1.54) is 20.2 Å². The molecular formula is C18H17ClN2O5. The highest BCUT2D eigenvalue weighted by Crippen LogP contribution is 2.31. The van der Waals surface area contributed by atoms with Gasteiger partial charge < -0.3 is 14.6 Å². The predicted molar refractivity (Wildman–Crippen MR) is 97.2 cm³/mol. The number of nitrogens with one attached hydrogen (secondary N) is 1. The van der Waals surface area contributed by atoms with Crippen molar-refractivity contribution in [3.05, 3.63) is 58.6 Å². The minimum absolute atomic E-state index is 0.217. The fraction of sp³-hybridized carbons (Fsp3) is 0.167. The molecule has 0 radical (unpaired) electrons. The van der Waals surface area contributed by atoms with E-state index in [0.717, 1.165) is 0 Å². The molecule has 0 aliphatic rings. The molecule has 26 heavy (non-hydrogen) atoms. The first-order chi connectivity index (χ1) is 12.4. The first kappa shape index (κ1) is 19.3. The van der Waals surface area contributed by atoms with Crippen LogP contribution in [0.4, 0.5) is 0 Å². The zero-order valence-corrected chi connectivity index (χ0v) is 14.9. The summed E-state index contributed by atoms with van der Waals surface area (Å²) >= 11 is 5.78. The second kappa shape index (κ2) is 8.87. The zero-order chi connectivity index (χ0) is 19.1. The number of carboxylic acid groups (broad SMARTS) is 1. The zero-order valence-electron chi connectivity index (χ0n) is 14.1. The SMILES string of the molecule is COc1cccc(/C=N\NC(=O)c2ccc(Cl)cc2)c1O[C@H](C)C(=O)O. The molecule has 1 atom stereocenters. The maximum atomic E-state index is 12.0. The van der Waals surface area contributed by atoms with Gasteiger partial charge in [-0.2, -0.15) is 5.10 Å². The van der Waals surface area contributed by atoms with Crippen LogP contribution in [0.25, 0.3) is 0 Å². The number of ether oxygens (including phenoxy) is 2. The van der Waals surface area contributed by atoms with Gasteiger partial charge in [0.15, 0.2) is 17.6 Å². The topological polar surface area (TPSA) is 97.2 Å². The molecule has 0 aliphatic carbocycles. The number of carbonyl (C=O) groups excluding carboxylic acids is 1. The quantitative estimate of drug-likeness (QED) is 0.572. The molecule has 0 saturated heterocycles. The van der Waals surface area contributed by atoms with Crippen LogP contribution in [-0.4, -0.2) is 36.4 Å². The normalized spacial score (nSPS) is 11.8. The maximum Gasteiger partial charge on any atom is 0.344 e. The van der Waals surface area contributed by atoms with Gasteiger partial charge in [-0.1, -0.05) is 17.7 Å². The minimum atomic E-state index is -1.12. The molecule has 0 spiro atoms. The third kappa shape index (κ3) is 4.97. The molecule has 2 N–H and O–H groups in total. The van der Waals surface area contributed by atoms with Crippen LogP contribution in [0.2, 0.25) is 5.02 Å². The average Bonchev–Trinajstić information content (AvgIpc) is 2.63. The van der Waals surface area contributed by atoms with Gasteiger partial charge in [0, 0.05) is 16.1 Å². The lowest BCUT2D eigenvalue weighted by atomic mass is 10.2. The molecule has 0 bridgehead atoms. The summed E-state index contributed by atoms with van der Waals surface area (Å²) in [5.41, 5.74) is 3.23. The van der Waals surface area contributed by atoms with Gasteiger partial charge >= 0.3 is 5.97 Å². The van der Waals surface area contributed by atoms with Crippen LogP contribution in [0.3, 0.4) is 0 Å². The molecule has 0 unspecified atom stereocenters. The third-order valence-corrected chi connectivity index (χ3v) is 3.60. The van der Waals surface area contributed by atoms with E-state index in [0.29, 0.717) is 21.9 Å². The molecule has 7 nitrogen and oxygen atoms in total. The Balaban J connectivity index is 2.17. The molecule has 0 saturated carbocycles. The Morgan fingerprint density at radius 1 is 1.23 bits per heavy atom. The highest BCUT2D eigenvalue weighted by atomic mass is 35.5. The number of hydrazone groups is 1. The third-order valence-electron chi connectivity index (χ3n) is 3.35. The van der Waals surface area contributed by atoms with Gasteiger partial charge in [0.05, 0.1) is 13.3 Å². The summed E-state index contributed by atoms with van der Waals surface area (Å²) in [6.07, 6.45) is 0.266. The van der Waals surface area contributed by atoms with Crippen LogP contribution < -0.4 is 14.9 Å². The number of nitrogens with zero attached hydrogens (tertiary/aromatic N) is 1. The van der Waals surface area contributed by atoms with Gasteiger partial charge in [0.2, 0.25) is 0 Å².